The van der Waals surface area contributed by atoms with Crippen LogP contribution in [0.4, 0.5) is 0 Å². The molecule has 0 aliphatic heterocycles. The molecule has 1 nitrogen and oxygen atoms in total. The van der Waals surface area contributed by atoms with E-state index < -0.39 is 0 Å². The molecule has 1 aromatic carbocycles. The van der Waals surface area contributed by atoms with E-state index in [1.807, 2.05) is 30.3 Å². The summed E-state index contributed by atoms with van der Waals surface area (Å²) in [5, 5.41) is 0. The van der Waals surface area contributed by atoms with Crippen molar-refractivity contribution in [2.24, 2.45) is 0 Å². The molecule has 0 atom stereocenters. The van der Waals surface area contributed by atoms with Crippen molar-refractivity contribution in [2.45, 2.75) is 0 Å². The molecule has 0 aliphatic rings. The van der Waals surface area contributed by atoms with Gasteiger partial charge in [-0.05, 0) is 0 Å². The largest absolute Gasteiger partial charge is 0.466 e. The van der Waals surface area contributed by atoms with E-state index in [4.69, 9.17) is 4.74 Å². The smallest absolute Gasteiger partial charge is 0.126 e. The van der Waals surface area contributed by atoms with Crippen molar-refractivity contribution in [3.63, 3.8) is 0 Å². The summed E-state index contributed by atoms with van der Waals surface area (Å²) in [7, 11) is 0. The second kappa shape index (κ2) is 3.62. The summed E-state index contributed by atoms with van der Waals surface area (Å²) >= 11 is 0. The highest BCUT2D eigenvalue weighted by molar-refractivity contribution is 5.57. The van der Waals surface area contributed by atoms with Gasteiger partial charge in [-0.15, -0.1) is 0 Å². The predicted octanol–water partition coefficient (Wildman–Crippen LogP) is 2.82. The molecule has 0 spiro atoms. The van der Waals surface area contributed by atoms with Crippen molar-refractivity contribution in [1.29, 1.82) is 0 Å². The molecule has 0 bridgehead atoms. The lowest BCUT2D eigenvalue weighted by atomic mass is 10.2. The molecular weight excluding hydrogens is 136 g/mol. The maximum absolute atomic E-state index is 5.00. The molecule has 0 unspecified atom stereocenters. The van der Waals surface area contributed by atoms with Gasteiger partial charge in [-0.2, -0.15) is 0 Å². The third kappa shape index (κ3) is 1.97. The first-order chi connectivity index (χ1) is 5.34. The Bertz CT molecular complexity index is 249. The fraction of sp³-hybridized carbons (Fsp3) is 0. The van der Waals surface area contributed by atoms with E-state index in [9.17, 15) is 0 Å². The van der Waals surface area contributed by atoms with E-state index in [1.165, 1.54) is 6.26 Å². The molecule has 0 aromatic heterocycles. The van der Waals surface area contributed by atoms with Gasteiger partial charge in [0.2, 0.25) is 0 Å². The van der Waals surface area contributed by atoms with Crippen LogP contribution in [0.25, 0.3) is 5.76 Å². The molecule has 0 radical (unpaired) electrons. The monoisotopic (exact) mass is 146 g/mol. The molecular formula is C10H10O. The number of ether oxygens (including phenoxy) is 1. The van der Waals surface area contributed by atoms with Crippen LogP contribution in [0.1, 0.15) is 5.56 Å². The average Bonchev–Trinajstić information content (AvgIpc) is 2.07. The first kappa shape index (κ1) is 7.61. The molecule has 56 valence electrons. The minimum Gasteiger partial charge on any atom is -0.466 e. The lowest BCUT2D eigenvalue weighted by Crippen LogP contribution is -1.81. The predicted molar refractivity (Wildman–Crippen MR) is 46.8 cm³/mol. The maximum atomic E-state index is 5.00. The van der Waals surface area contributed by atoms with Crippen LogP contribution in [0.15, 0.2) is 49.8 Å². The third-order valence-corrected chi connectivity index (χ3v) is 1.32. The fourth-order valence-corrected chi connectivity index (χ4v) is 0.793. The van der Waals surface area contributed by atoms with E-state index in [1.54, 1.807) is 0 Å². The van der Waals surface area contributed by atoms with Crippen LogP contribution in [0.5, 0.6) is 0 Å². The van der Waals surface area contributed by atoms with Crippen LogP contribution in [0.2, 0.25) is 0 Å². The molecule has 0 amide bonds. The Morgan fingerprint density at radius 2 is 1.91 bits per heavy atom. The second-order valence-electron chi connectivity index (χ2n) is 2.07. The lowest BCUT2D eigenvalue weighted by Gasteiger charge is -2.02. The molecule has 1 rings (SSSR count). The number of hydrogen-bond acceptors (Lipinski definition) is 1. The lowest BCUT2D eigenvalue weighted by molar-refractivity contribution is 0.440. The van der Waals surface area contributed by atoms with Crippen LogP contribution in [-0.2, 0) is 4.74 Å². The molecule has 1 heteroatoms. The van der Waals surface area contributed by atoms with E-state index in [0.717, 1.165) is 5.56 Å². The standard InChI is InChI=1S/C10H10O/c1-3-11-9(2)10-7-5-4-6-8-10/h3-8H,1-2H2. The van der Waals surface area contributed by atoms with Crippen molar-refractivity contribution in [2.75, 3.05) is 0 Å². The Morgan fingerprint density at radius 1 is 1.27 bits per heavy atom. The Hall–Kier alpha value is -1.50. The molecule has 0 saturated carbocycles. The van der Waals surface area contributed by atoms with Crippen molar-refractivity contribution in [3.8, 4) is 0 Å². The Labute approximate surface area is 66.6 Å². The normalized spacial score (nSPS) is 8.73. The summed E-state index contributed by atoms with van der Waals surface area (Å²) in [5.41, 5.74) is 0.979. The minimum absolute atomic E-state index is 0.626. The third-order valence-electron chi connectivity index (χ3n) is 1.32. The van der Waals surface area contributed by atoms with Gasteiger partial charge in [0.25, 0.3) is 0 Å². The zero-order chi connectivity index (χ0) is 8.10. The molecule has 0 fully saturated rings. The molecule has 0 saturated heterocycles. The topological polar surface area (TPSA) is 9.23 Å². The van der Waals surface area contributed by atoms with Crippen LogP contribution in [-0.4, -0.2) is 0 Å². The van der Waals surface area contributed by atoms with Crippen LogP contribution >= 0.6 is 0 Å². The second-order valence-corrected chi connectivity index (χ2v) is 2.07. The molecule has 0 N–H and O–H groups in total. The number of benzene rings is 1. The zero-order valence-electron chi connectivity index (χ0n) is 6.29. The maximum Gasteiger partial charge on any atom is 0.126 e. The highest BCUT2D eigenvalue weighted by Gasteiger charge is 1.94. The van der Waals surface area contributed by atoms with Gasteiger partial charge in [-0.3, -0.25) is 0 Å². The van der Waals surface area contributed by atoms with Crippen molar-refractivity contribution >= 4 is 5.76 Å². The van der Waals surface area contributed by atoms with Gasteiger partial charge < -0.3 is 4.74 Å². The molecule has 0 aliphatic carbocycles. The van der Waals surface area contributed by atoms with Gasteiger partial charge >= 0.3 is 0 Å². The van der Waals surface area contributed by atoms with Crippen molar-refractivity contribution in [1.82, 2.24) is 0 Å². The Balaban J connectivity index is 2.77. The van der Waals surface area contributed by atoms with E-state index in [0.29, 0.717) is 5.76 Å². The summed E-state index contributed by atoms with van der Waals surface area (Å²) in [5.74, 6) is 0.626. The highest BCUT2D eigenvalue weighted by atomic mass is 16.5. The van der Waals surface area contributed by atoms with Gasteiger partial charge in [0.15, 0.2) is 0 Å². The van der Waals surface area contributed by atoms with Gasteiger partial charge in [-0.25, -0.2) is 0 Å². The van der Waals surface area contributed by atoms with E-state index in [-0.39, 0.29) is 0 Å². The Morgan fingerprint density at radius 3 is 2.45 bits per heavy atom. The van der Waals surface area contributed by atoms with Crippen LogP contribution in [0.3, 0.4) is 0 Å². The number of hydrogen-bond donors (Lipinski definition) is 0. The first-order valence-electron chi connectivity index (χ1n) is 3.36. The first-order valence-corrected chi connectivity index (χ1v) is 3.36. The van der Waals surface area contributed by atoms with Crippen LogP contribution < -0.4 is 0 Å². The van der Waals surface area contributed by atoms with Gasteiger partial charge in [0, 0.05) is 5.56 Å². The van der Waals surface area contributed by atoms with E-state index in [2.05, 4.69) is 13.2 Å². The van der Waals surface area contributed by atoms with Gasteiger partial charge in [0.1, 0.15) is 5.76 Å². The molecule has 1 aromatic rings. The van der Waals surface area contributed by atoms with Crippen molar-refractivity contribution < 1.29 is 4.74 Å². The van der Waals surface area contributed by atoms with E-state index >= 15 is 0 Å². The summed E-state index contributed by atoms with van der Waals surface area (Å²) in [4.78, 5) is 0. The SMILES string of the molecule is C=COC(=C)c1ccccc1. The summed E-state index contributed by atoms with van der Waals surface area (Å²) in [6.07, 6.45) is 1.37. The quantitative estimate of drug-likeness (QED) is 0.596. The van der Waals surface area contributed by atoms with Crippen LogP contribution in [0, 0.1) is 0 Å². The minimum atomic E-state index is 0.626. The number of rotatable bonds is 3. The van der Waals surface area contributed by atoms with Gasteiger partial charge in [-0.1, -0.05) is 43.5 Å². The van der Waals surface area contributed by atoms with Crippen molar-refractivity contribution in [3.05, 3.63) is 55.3 Å². The summed E-state index contributed by atoms with van der Waals surface area (Å²) in [6, 6.07) is 9.70. The molecule has 11 heavy (non-hydrogen) atoms. The highest BCUT2D eigenvalue weighted by Crippen LogP contribution is 2.12. The Kier molecular flexibility index (Phi) is 2.50. The molecule has 0 heterocycles. The fourth-order valence-electron chi connectivity index (χ4n) is 0.793. The summed E-state index contributed by atoms with van der Waals surface area (Å²) in [6.45, 7) is 7.16. The summed E-state index contributed by atoms with van der Waals surface area (Å²) < 4.78 is 5.00. The van der Waals surface area contributed by atoms with Gasteiger partial charge in [0.05, 0.1) is 6.26 Å². The average molecular weight is 146 g/mol. The zero-order valence-corrected chi connectivity index (χ0v) is 6.29.